The van der Waals surface area contributed by atoms with Crippen molar-refractivity contribution < 1.29 is 9.59 Å². The predicted octanol–water partition coefficient (Wildman–Crippen LogP) is 6.65. The van der Waals surface area contributed by atoms with Crippen LogP contribution in [0, 0.1) is 6.92 Å². The number of amides is 2. The smallest absolute Gasteiger partial charge is 0.257 e. The van der Waals surface area contributed by atoms with Gasteiger partial charge in [-0.25, -0.2) is 9.97 Å². The van der Waals surface area contributed by atoms with Crippen molar-refractivity contribution >= 4 is 55.5 Å². The second-order valence-electron chi connectivity index (χ2n) is 8.80. The minimum atomic E-state index is -0.328. The molecule has 0 saturated heterocycles. The molecule has 3 aromatic carbocycles. The molecule has 6 rings (SSSR count). The van der Waals surface area contributed by atoms with E-state index in [4.69, 9.17) is 4.98 Å². The van der Waals surface area contributed by atoms with Gasteiger partial charge in [-0.3, -0.25) is 14.9 Å². The molecule has 2 N–H and O–H groups in total. The SMILES string of the molecule is Cc1ccc2nc(-c3ccc(NC(=O)C4CCc5sc(NC(=O)c6ccccc6)nc54)cc3)sc2c1. The van der Waals surface area contributed by atoms with Crippen LogP contribution >= 0.6 is 22.7 Å². The van der Waals surface area contributed by atoms with Gasteiger partial charge < -0.3 is 5.32 Å². The van der Waals surface area contributed by atoms with E-state index >= 15 is 0 Å². The van der Waals surface area contributed by atoms with Gasteiger partial charge in [0.15, 0.2) is 5.13 Å². The minimum absolute atomic E-state index is 0.0804. The van der Waals surface area contributed by atoms with Crippen molar-refractivity contribution in [3.8, 4) is 10.6 Å². The molecule has 178 valence electrons. The number of hydrogen-bond acceptors (Lipinski definition) is 6. The lowest BCUT2D eigenvalue weighted by atomic mass is 10.1. The summed E-state index contributed by atoms with van der Waals surface area (Å²) >= 11 is 3.11. The molecule has 0 saturated carbocycles. The molecule has 2 amide bonds. The van der Waals surface area contributed by atoms with Crippen LogP contribution in [0.3, 0.4) is 0 Å². The summed E-state index contributed by atoms with van der Waals surface area (Å²) in [5.74, 6) is -0.610. The van der Waals surface area contributed by atoms with E-state index in [-0.39, 0.29) is 17.7 Å². The Labute approximate surface area is 216 Å². The Morgan fingerprint density at radius 2 is 1.72 bits per heavy atom. The summed E-state index contributed by atoms with van der Waals surface area (Å²) < 4.78 is 1.17. The van der Waals surface area contributed by atoms with Crippen molar-refractivity contribution in [3.63, 3.8) is 0 Å². The van der Waals surface area contributed by atoms with Crippen LogP contribution in [0.2, 0.25) is 0 Å². The molecular weight excluding hydrogens is 488 g/mol. The molecule has 0 bridgehead atoms. The molecule has 6 nitrogen and oxygen atoms in total. The molecule has 2 heterocycles. The number of benzene rings is 3. The van der Waals surface area contributed by atoms with Crippen LogP contribution in [0.15, 0.2) is 72.8 Å². The van der Waals surface area contributed by atoms with Gasteiger partial charge in [-0.15, -0.1) is 22.7 Å². The number of thiazole rings is 2. The van der Waals surface area contributed by atoms with Crippen molar-refractivity contribution in [2.45, 2.75) is 25.7 Å². The zero-order chi connectivity index (χ0) is 24.6. The Kier molecular flexibility index (Phi) is 5.83. The Morgan fingerprint density at radius 3 is 2.53 bits per heavy atom. The van der Waals surface area contributed by atoms with Gasteiger partial charge in [0.25, 0.3) is 5.91 Å². The first-order valence-electron chi connectivity index (χ1n) is 11.7. The number of rotatable bonds is 5. The molecule has 5 aromatic rings. The first-order chi connectivity index (χ1) is 17.5. The zero-order valence-corrected chi connectivity index (χ0v) is 21.1. The van der Waals surface area contributed by atoms with E-state index in [0.29, 0.717) is 10.7 Å². The molecule has 0 radical (unpaired) electrons. The zero-order valence-electron chi connectivity index (χ0n) is 19.4. The summed E-state index contributed by atoms with van der Waals surface area (Å²) in [6.07, 6.45) is 1.50. The van der Waals surface area contributed by atoms with Crippen molar-refractivity contribution in [3.05, 3.63) is 94.5 Å². The standard InChI is InChI=1S/C28H22N4O2S2/c1-16-7-13-21-23(15-16)35-27(30-21)18-8-10-19(11-9-18)29-26(34)20-12-14-22-24(20)31-28(36-22)32-25(33)17-5-3-2-4-6-17/h2-11,13,15,20H,12,14H2,1H3,(H,29,34)(H,31,32,33). The van der Waals surface area contributed by atoms with Crippen molar-refractivity contribution in [2.75, 3.05) is 10.6 Å². The molecule has 36 heavy (non-hydrogen) atoms. The molecule has 1 atom stereocenters. The number of aryl methyl sites for hydroxylation is 2. The van der Waals surface area contributed by atoms with E-state index in [1.165, 1.54) is 21.6 Å². The summed E-state index contributed by atoms with van der Waals surface area (Å²) in [5, 5.41) is 7.39. The number of carbonyl (C=O) groups excluding carboxylic acids is 2. The third kappa shape index (κ3) is 4.41. The van der Waals surface area contributed by atoms with Crippen LogP contribution in [-0.2, 0) is 11.2 Å². The van der Waals surface area contributed by atoms with Gasteiger partial charge in [-0.2, -0.15) is 0 Å². The van der Waals surface area contributed by atoms with Crippen molar-refractivity contribution in [1.82, 2.24) is 9.97 Å². The van der Waals surface area contributed by atoms with Crippen LogP contribution in [0.5, 0.6) is 0 Å². The fourth-order valence-corrected chi connectivity index (χ4v) is 6.48. The van der Waals surface area contributed by atoms with Crippen molar-refractivity contribution in [1.29, 1.82) is 0 Å². The van der Waals surface area contributed by atoms with Crippen LogP contribution < -0.4 is 10.6 Å². The van der Waals surface area contributed by atoms with Gasteiger partial charge in [0.1, 0.15) is 5.01 Å². The van der Waals surface area contributed by atoms with Crippen LogP contribution in [0.25, 0.3) is 20.8 Å². The van der Waals surface area contributed by atoms with E-state index < -0.39 is 0 Å². The average molecular weight is 511 g/mol. The van der Waals surface area contributed by atoms with Gasteiger partial charge in [0, 0.05) is 21.7 Å². The molecule has 2 aromatic heterocycles. The number of nitrogens with one attached hydrogen (secondary N) is 2. The quantitative estimate of drug-likeness (QED) is 0.277. The predicted molar refractivity (Wildman–Crippen MR) is 146 cm³/mol. The third-order valence-electron chi connectivity index (χ3n) is 6.23. The maximum absolute atomic E-state index is 13.1. The van der Waals surface area contributed by atoms with Gasteiger partial charge in [0.2, 0.25) is 5.91 Å². The summed E-state index contributed by atoms with van der Waals surface area (Å²) in [4.78, 5) is 36.0. The molecule has 1 aliphatic rings. The number of carbonyl (C=O) groups is 2. The highest BCUT2D eigenvalue weighted by Gasteiger charge is 2.33. The molecule has 8 heteroatoms. The maximum Gasteiger partial charge on any atom is 0.257 e. The summed E-state index contributed by atoms with van der Waals surface area (Å²) in [6, 6.07) is 23.1. The molecule has 0 aliphatic heterocycles. The summed E-state index contributed by atoms with van der Waals surface area (Å²) in [5.41, 5.74) is 5.32. The monoisotopic (exact) mass is 510 g/mol. The lowest BCUT2D eigenvalue weighted by Gasteiger charge is -2.11. The Morgan fingerprint density at radius 1 is 0.917 bits per heavy atom. The highest BCUT2D eigenvalue weighted by molar-refractivity contribution is 7.21. The summed E-state index contributed by atoms with van der Waals surface area (Å²) in [7, 11) is 0. The average Bonchev–Trinajstić information content (AvgIpc) is 3.59. The highest BCUT2D eigenvalue weighted by atomic mass is 32.1. The minimum Gasteiger partial charge on any atom is -0.326 e. The second kappa shape index (κ2) is 9.29. The second-order valence-corrected chi connectivity index (χ2v) is 10.9. The van der Waals surface area contributed by atoms with E-state index in [9.17, 15) is 9.59 Å². The molecule has 1 unspecified atom stereocenters. The van der Waals surface area contributed by atoms with Crippen LogP contribution in [0.1, 0.15) is 38.8 Å². The number of hydrogen-bond donors (Lipinski definition) is 2. The normalized spacial score (nSPS) is 14.5. The Balaban J connectivity index is 1.14. The van der Waals surface area contributed by atoms with Crippen LogP contribution in [-0.4, -0.2) is 21.8 Å². The van der Waals surface area contributed by atoms with Gasteiger partial charge in [-0.05, 0) is 73.9 Å². The van der Waals surface area contributed by atoms with Crippen molar-refractivity contribution in [2.24, 2.45) is 0 Å². The number of anilines is 2. The number of nitrogens with zero attached hydrogens (tertiary/aromatic N) is 2. The Hall–Kier alpha value is -3.88. The topological polar surface area (TPSA) is 84.0 Å². The fraction of sp³-hybridized carbons (Fsp3) is 0.143. The highest BCUT2D eigenvalue weighted by Crippen LogP contribution is 2.39. The maximum atomic E-state index is 13.1. The lowest BCUT2D eigenvalue weighted by Crippen LogP contribution is -2.20. The van der Waals surface area contributed by atoms with Crippen LogP contribution in [0.4, 0.5) is 10.8 Å². The molecule has 0 spiro atoms. The number of aromatic nitrogens is 2. The van der Waals surface area contributed by atoms with E-state index in [0.717, 1.165) is 45.2 Å². The lowest BCUT2D eigenvalue weighted by molar-refractivity contribution is -0.117. The molecule has 0 fully saturated rings. The van der Waals surface area contributed by atoms with E-state index in [1.807, 2.05) is 48.5 Å². The molecular formula is C28H22N4O2S2. The number of fused-ring (bicyclic) bond motifs is 2. The van der Waals surface area contributed by atoms with E-state index in [2.05, 4.69) is 34.7 Å². The Bertz CT molecular complexity index is 1590. The largest absolute Gasteiger partial charge is 0.326 e. The van der Waals surface area contributed by atoms with E-state index in [1.54, 1.807) is 23.5 Å². The molecule has 1 aliphatic carbocycles. The summed E-state index contributed by atoms with van der Waals surface area (Å²) in [6.45, 7) is 2.08. The fourth-order valence-electron chi connectivity index (χ4n) is 4.38. The first-order valence-corrected chi connectivity index (χ1v) is 13.3. The van der Waals surface area contributed by atoms with Gasteiger partial charge in [-0.1, -0.05) is 24.3 Å². The van der Waals surface area contributed by atoms with Gasteiger partial charge in [0.05, 0.1) is 21.8 Å². The first kappa shape index (κ1) is 22.6. The third-order valence-corrected chi connectivity index (χ3v) is 8.35. The van der Waals surface area contributed by atoms with Gasteiger partial charge >= 0.3 is 0 Å².